The van der Waals surface area contributed by atoms with E-state index >= 15 is 0 Å². The van der Waals surface area contributed by atoms with Gasteiger partial charge in [0.2, 0.25) is 0 Å². The average molecular weight is 422 g/mol. The second-order valence-electron chi connectivity index (χ2n) is 7.76. The Hall–Kier alpha value is -0.0300. The van der Waals surface area contributed by atoms with Crippen molar-refractivity contribution >= 4 is 35.3 Å². The van der Waals surface area contributed by atoms with E-state index in [1.165, 1.54) is 63.7 Å². The Morgan fingerprint density at radius 1 is 1.12 bits per heavy atom. The van der Waals surface area contributed by atoms with Crippen LogP contribution in [-0.2, 0) is 3.84 Å². The average Bonchev–Trinajstić information content (AvgIpc) is 3.15. The molecule has 0 spiro atoms. The van der Waals surface area contributed by atoms with Gasteiger partial charge in [-0.25, -0.2) is 0 Å². The summed E-state index contributed by atoms with van der Waals surface area (Å²) >= 11 is 14.8. The zero-order valence-electron chi connectivity index (χ0n) is 15.8. The second-order valence-corrected chi connectivity index (χ2v) is 8.66. The highest BCUT2D eigenvalue weighted by atomic mass is 35.6. The molecule has 2 aliphatic rings. The lowest BCUT2D eigenvalue weighted by Gasteiger charge is -2.38. The van der Waals surface area contributed by atoms with Gasteiger partial charge in [0, 0.05) is 17.6 Å². The Kier molecular flexibility index (Phi) is 10.0. The second kappa shape index (κ2) is 11.7. The molecule has 1 saturated carbocycles. The lowest BCUT2D eigenvalue weighted by molar-refractivity contribution is 0.131. The van der Waals surface area contributed by atoms with Crippen LogP contribution < -0.4 is 0 Å². The van der Waals surface area contributed by atoms with E-state index in [0.717, 1.165) is 17.0 Å². The molecule has 6 heteroatoms. The Balaban J connectivity index is 0.000000758. The van der Waals surface area contributed by atoms with Crippen molar-refractivity contribution in [2.24, 2.45) is 5.92 Å². The number of hydrogen-bond acceptors (Lipinski definition) is 3. The van der Waals surface area contributed by atoms with E-state index in [1.54, 1.807) is 0 Å². The summed E-state index contributed by atoms with van der Waals surface area (Å²) in [6, 6.07) is 9.39. The summed E-state index contributed by atoms with van der Waals surface area (Å²) in [7, 11) is 4.43. The maximum Gasteiger partial charge on any atom is 0.0832 e. The van der Waals surface area contributed by atoms with Crippen molar-refractivity contribution in [3.8, 4) is 0 Å². The topological polar surface area (TPSA) is 15.7 Å². The van der Waals surface area contributed by atoms with Gasteiger partial charge >= 0.3 is 0 Å². The standard InChI is InChI=1S/C20H31ClN2.Cl2O/c1-22(2)19-10-12-23(13-11-19)15-20(16-6-3-4-7-16)17-8-5-9-18(21)14-17;1-3-2/h5,8-9,14,16,19-20H,3-4,6-7,10-13,15H2,1-2H3;. The maximum atomic E-state index is 6.27. The Morgan fingerprint density at radius 2 is 1.73 bits per heavy atom. The van der Waals surface area contributed by atoms with Crippen molar-refractivity contribution in [1.82, 2.24) is 9.80 Å². The quantitative estimate of drug-likeness (QED) is 0.584. The number of benzene rings is 1. The number of nitrogens with zero attached hydrogens (tertiary/aromatic N) is 2. The van der Waals surface area contributed by atoms with Crippen LogP contribution in [0, 0.1) is 5.92 Å². The van der Waals surface area contributed by atoms with Gasteiger partial charge in [-0.1, -0.05) is 36.6 Å². The largest absolute Gasteiger partial charge is 0.306 e. The smallest absolute Gasteiger partial charge is 0.0832 e. The van der Waals surface area contributed by atoms with Crippen LogP contribution in [0.3, 0.4) is 0 Å². The molecule has 1 aromatic rings. The molecule has 26 heavy (non-hydrogen) atoms. The molecule has 0 aromatic heterocycles. The molecular weight excluding hydrogens is 391 g/mol. The van der Waals surface area contributed by atoms with E-state index in [9.17, 15) is 0 Å². The van der Waals surface area contributed by atoms with E-state index in [4.69, 9.17) is 11.6 Å². The highest BCUT2D eigenvalue weighted by Crippen LogP contribution is 2.38. The highest BCUT2D eigenvalue weighted by Gasteiger charge is 2.30. The normalized spacial score (nSPS) is 20.8. The Labute approximate surface area is 173 Å². The van der Waals surface area contributed by atoms with Crippen molar-refractivity contribution in [3.63, 3.8) is 0 Å². The van der Waals surface area contributed by atoms with E-state index < -0.39 is 0 Å². The third-order valence-corrected chi connectivity index (χ3v) is 6.22. The number of piperidine rings is 1. The minimum absolute atomic E-state index is 0.659. The first-order chi connectivity index (χ1) is 12.5. The molecular formula is C20H31Cl3N2O. The van der Waals surface area contributed by atoms with Crippen LogP contribution >= 0.6 is 35.3 Å². The van der Waals surface area contributed by atoms with Gasteiger partial charge in [0.15, 0.2) is 0 Å². The number of likely N-dealkylation sites (tertiary alicyclic amines) is 1. The first kappa shape index (κ1) is 22.3. The summed E-state index contributed by atoms with van der Waals surface area (Å²) in [6.45, 7) is 3.70. The van der Waals surface area contributed by atoms with Crippen LogP contribution in [0.2, 0.25) is 5.02 Å². The van der Waals surface area contributed by atoms with Crippen LogP contribution in [0.1, 0.15) is 50.0 Å². The van der Waals surface area contributed by atoms with Gasteiger partial charge in [-0.3, -0.25) is 0 Å². The summed E-state index contributed by atoms with van der Waals surface area (Å²) in [5, 5.41) is 0.886. The molecule has 2 fully saturated rings. The molecule has 1 saturated heterocycles. The zero-order chi connectivity index (χ0) is 18.9. The van der Waals surface area contributed by atoms with Gasteiger partial charge in [0.05, 0.1) is 23.7 Å². The van der Waals surface area contributed by atoms with Crippen molar-refractivity contribution in [1.29, 1.82) is 0 Å². The minimum atomic E-state index is 0.659. The van der Waals surface area contributed by atoms with Crippen LogP contribution in [0.5, 0.6) is 0 Å². The van der Waals surface area contributed by atoms with Crippen molar-refractivity contribution < 1.29 is 3.84 Å². The SMILES string of the molecule is CN(C)C1CCN(CC(c2cccc(Cl)c2)C2CCCC2)CC1.ClOCl. The Morgan fingerprint density at radius 3 is 2.27 bits per heavy atom. The zero-order valence-corrected chi connectivity index (χ0v) is 18.1. The monoisotopic (exact) mass is 420 g/mol. The van der Waals surface area contributed by atoms with Gasteiger partial charge < -0.3 is 9.80 Å². The molecule has 1 atom stereocenters. The van der Waals surface area contributed by atoms with Crippen molar-refractivity contribution in [2.75, 3.05) is 33.7 Å². The fourth-order valence-electron chi connectivity index (χ4n) is 4.52. The Bertz CT molecular complexity index is 516. The fourth-order valence-corrected chi connectivity index (χ4v) is 4.72. The van der Waals surface area contributed by atoms with Crippen LogP contribution in [0.4, 0.5) is 0 Å². The number of halogens is 3. The summed E-state index contributed by atoms with van der Waals surface area (Å²) in [5.74, 6) is 1.51. The molecule has 0 amide bonds. The first-order valence-corrected chi connectivity index (χ1v) is 10.6. The van der Waals surface area contributed by atoms with Crippen LogP contribution in [0.15, 0.2) is 24.3 Å². The van der Waals surface area contributed by atoms with E-state index in [0.29, 0.717) is 5.92 Å². The molecule has 3 rings (SSSR count). The van der Waals surface area contributed by atoms with Crippen molar-refractivity contribution in [3.05, 3.63) is 34.9 Å². The predicted molar refractivity (Wildman–Crippen MR) is 112 cm³/mol. The highest BCUT2D eigenvalue weighted by molar-refractivity contribution is 6.30. The lowest BCUT2D eigenvalue weighted by atomic mass is 9.84. The van der Waals surface area contributed by atoms with E-state index in [1.807, 2.05) is 6.07 Å². The van der Waals surface area contributed by atoms with Gasteiger partial charge in [0.1, 0.15) is 0 Å². The van der Waals surface area contributed by atoms with Gasteiger partial charge in [-0.05, 0) is 82.4 Å². The van der Waals surface area contributed by atoms with E-state index in [2.05, 4.69) is 69.7 Å². The van der Waals surface area contributed by atoms with Gasteiger partial charge in [-0.15, -0.1) is 0 Å². The summed E-state index contributed by atoms with van der Waals surface area (Å²) in [4.78, 5) is 5.09. The molecule has 0 radical (unpaired) electrons. The molecule has 1 aromatic carbocycles. The molecule has 1 aliphatic heterocycles. The van der Waals surface area contributed by atoms with E-state index in [-0.39, 0.29) is 0 Å². The summed E-state index contributed by atoms with van der Waals surface area (Å²) < 4.78 is 3.19. The van der Waals surface area contributed by atoms with Crippen LogP contribution in [0.25, 0.3) is 0 Å². The minimum Gasteiger partial charge on any atom is -0.306 e. The fraction of sp³-hybridized carbons (Fsp3) is 0.700. The van der Waals surface area contributed by atoms with Crippen molar-refractivity contribution in [2.45, 2.75) is 50.5 Å². The molecule has 148 valence electrons. The molecule has 1 unspecified atom stereocenters. The van der Waals surface area contributed by atoms with Crippen LogP contribution in [-0.4, -0.2) is 49.6 Å². The maximum absolute atomic E-state index is 6.27. The molecule has 0 N–H and O–H groups in total. The molecule has 3 nitrogen and oxygen atoms in total. The van der Waals surface area contributed by atoms with Gasteiger partial charge in [0.25, 0.3) is 0 Å². The third-order valence-electron chi connectivity index (χ3n) is 5.99. The molecule has 1 aliphatic carbocycles. The number of hydrogen-bond donors (Lipinski definition) is 0. The van der Waals surface area contributed by atoms with Gasteiger partial charge in [-0.2, -0.15) is 3.84 Å². The lowest BCUT2D eigenvalue weighted by Crippen LogP contribution is -2.43. The summed E-state index contributed by atoms with van der Waals surface area (Å²) in [5.41, 5.74) is 1.46. The molecule has 0 bridgehead atoms. The predicted octanol–water partition coefficient (Wildman–Crippen LogP) is 5.95. The first-order valence-electron chi connectivity index (χ1n) is 9.58. The number of rotatable bonds is 5. The summed E-state index contributed by atoms with van der Waals surface area (Å²) in [6.07, 6.45) is 8.21. The molecule has 1 heterocycles. The third kappa shape index (κ3) is 6.85.